The van der Waals surface area contributed by atoms with E-state index in [9.17, 15) is 13.0 Å². The van der Waals surface area contributed by atoms with E-state index in [1.54, 1.807) is 0 Å². The van der Waals surface area contributed by atoms with Crippen LogP contribution in [0.5, 0.6) is 0 Å². The molecule has 0 aliphatic heterocycles. The van der Waals surface area contributed by atoms with E-state index in [1.807, 2.05) is 0 Å². The zero-order chi connectivity index (χ0) is 14.9. The van der Waals surface area contributed by atoms with Crippen LogP contribution in [0.25, 0.3) is 0 Å². The first kappa shape index (κ1) is 19.0. The van der Waals surface area contributed by atoms with Crippen molar-refractivity contribution in [2.75, 3.05) is 6.54 Å². The molecule has 0 rings (SSSR count). The zero-order valence-electron chi connectivity index (χ0n) is 11.2. The Kier molecular flexibility index (Phi) is 9.06. The number of rotatable bonds is 11. The lowest BCUT2D eigenvalue weighted by atomic mass is 10.1. The lowest BCUT2D eigenvalue weighted by molar-refractivity contribution is 0.303. The first-order valence-corrected chi connectivity index (χ1v) is 9.47. The van der Waals surface area contributed by atoms with Crippen molar-refractivity contribution < 1.29 is 27.3 Å². The van der Waals surface area contributed by atoms with Crippen molar-refractivity contribution in [3.05, 3.63) is 0 Å². The Balaban J connectivity index is 3.88. The fourth-order valence-corrected chi connectivity index (χ4v) is 3.60. The van der Waals surface area contributed by atoms with Gasteiger partial charge >= 0.3 is 18.1 Å². The molecule has 7 nitrogen and oxygen atoms in total. The minimum atomic E-state index is -4.97. The zero-order valence-corrected chi connectivity index (χ0v) is 12.9. The highest BCUT2D eigenvalue weighted by Crippen LogP contribution is 2.42. The summed E-state index contributed by atoms with van der Waals surface area (Å²) in [4.78, 5) is 17.6. The maximum absolute atomic E-state index is 10.9. The number of unbranched alkanes of at least 4 members (excludes halogenated alkanes) is 7. The molecule has 19 heavy (non-hydrogen) atoms. The van der Waals surface area contributed by atoms with Crippen molar-refractivity contribution in [3.63, 3.8) is 0 Å². The molecule has 0 aliphatic rings. The molecule has 0 amide bonds. The molecule has 0 unspecified atom stereocenters. The monoisotopic (exact) mass is 317 g/mol. The summed E-state index contributed by atoms with van der Waals surface area (Å²) in [7, 11) is -9.83. The summed E-state index contributed by atoms with van der Waals surface area (Å²) in [5, 5.41) is 0. The fourth-order valence-electron chi connectivity index (χ4n) is 1.76. The van der Waals surface area contributed by atoms with Crippen LogP contribution in [0, 0.1) is 0 Å². The Morgan fingerprint density at radius 2 is 1.37 bits per heavy atom. The molecule has 0 spiro atoms. The Labute approximate surface area is 115 Å². The van der Waals surface area contributed by atoms with Gasteiger partial charge in [0, 0.05) is 6.54 Å². The van der Waals surface area contributed by atoms with E-state index < -0.39 is 18.1 Å². The third-order valence-electron chi connectivity index (χ3n) is 2.76. The molecular formula is C10H24NO6PS. The third kappa shape index (κ3) is 9.54. The second kappa shape index (κ2) is 9.05. The van der Waals surface area contributed by atoms with Gasteiger partial charge in [0.25, 0.3) is 0 Å². The van der Waals surface area contributed by atoms with Gasteiger partial charge in [-0.15, -0.1) is 0 Å². The maximum Gasteiger partial charge on any atom is 0.418 e. The highest BCUT2D eigenvalue weighted by molar-refractivity contribution is 7.89. The Morgan fingerprint density at radius 3 is 1.74 bits per heavy atom. The predicted octanol–water partition coefficient (Wildman–Crippen LogP) is 2.32. The molecule has 0 saturated carbocycles. The van der Waals surface area contributed by atoms with E-state index in [-0.39, 0.29) is 10.6 Å². The molecule has 0 heterocycles. The fraction of sp³-hybridized carbons (Fsp3) is 1.00. The molecule has 0 radical (unpaired) electrons. The standard InChI is InChI=1S/C10H24NO6PS/c1-2-3-4-5-6-7-8-9-10-11(18(12,13)14)19(15,16)17/h2-10H2,1H3,(H2,12,13,14)(H,15,16,17). The van der Waals surface area contributed by atoms with E-state index in [2.05, 4.69) is 6.92 Å². The van der Waals surface area contributed by atoms with Crippen LogP contribution in [0.4, 0.5) is 0 Å². The summed E-state index contributed by atoms with van der Waals surface area (Å²) in [6.07, 6.45) is 7.59. The molecule has 0 fully saturated rings. The largest absolute Gasteiger partial charge is 0.418 e. The maximum atomic E-state index is 10.9. The summed E-state index contributed by atoms with van der Waals surface area (Å²) in [5.74, 6) is 0. The molecule has 0 saturated heterocycles. The van der Waals surface area contributed by atoms with E-state index in [0.717, 1.165) is 19.3 Å². The molecule has 9 heteroatoms. The highest BCUT2D eigenvalue weighted by Gasteiger charge is 2.34. The van der Waals surface area contributed by atoms with Crippen LogP contribution in [0.2, 0.25) is 0 Å². The molecule has 0 aromatic carbocycles. The van der Waals surface area contributed by atoms with Gasteiger partial charge in [0.1, 0.15) is 0 Å². The Hall–Kier alpha value is 0.0200. The molecule has 0 aliphatic carbocycles. The van der Waals surface area contributed by atoms with Crippen LogP contribution in [-0.2, 0) is 14.9 Å². The molecule has 116 valence electrons. The second-order valence-corrected chi connectivity index (χ2v) is 7.63. The van der Waals surface area contributed by atoms with Gasteiger partial charge in [-0.05, 0) is 6.42 Å². The van der Waals surface area contributed by atoms with Gasteiger partial charge < -0.3 is 9.79 Å². The van der Waals surface area contributed by atoms with Crippen LogP contribution < -0.4 is 0 Å². The average Bonchev–Trinajstić information content (AvgIpc) is 2.23. The van der Waals surface area contributed by atoms with Crippen LogP contribution in [0.1, 0.15) is 58.3 Å². The number of nitrogens with zero attached hydrogens (tertiary/aromatic N) is 1. The molecule has 0 bridgehead atoms. The van der Waals surface area contributed by atoms with Crippen LogP contribution in [0.15, 0.2) is 0 Å². The van der Waals surface area contributed by atoms with E-state index in [0.29, 0.717) is 12.8 Å². The number of hydrogen-bond donors (Lipinski definition) is 3. The van der Waals surface area contributed by atoms with Crippen molar-refractivity contribution in [1.29, 1.82) is 0 Å². The van der Waals surface area contributed by atoms with E-state index >= 15 is 0 Å². The minimum Gasteiger partial charge on any atom is -0.312 e. The highest BCUT2D eigenvalue weighted by atomic mass is 32.2. The summed E-state index contributed by atoms with van der Waals surface area (Å²) in [6.45, 7) is 1.77. The van der Waals surface area contributed by atoms with Crippen LogP contribution >= 0.6 is 7.75 Å². The first-order chi connectivity index (χ1) is 8.69. The van der Waals surface area contributed by atoms with Crippen molar-refractivity contribution in [3.8, 4) is 0 Å². The van der Waals surface area contributed by atoms with Gasteiger partial charge in [0.05, 0.1) is 0 Å². The molecule has 0 atom stereocenters. The van der Waals surface area contributed by atoms with Gasteiger partial charge in [-0.25, -0.2) is 4.57 Å². The van der Waals surface area contributed by atoms with E-state index in [4.69, 9.17) is 14.3 Å². The van der Waals surface area contributed by atoms with E-state index in [1.165, 1.54) is 19.3 Å². The molecular weight excluding hydrogens is 293 g/mol. The van der Waals surface area contributed by atoms with Gasteiger partial charge in [-0.1, -0.05) is 55.9 Å². The van der Waals surface area contributed by atoms with Gasteiger partial charge in [-0.2, -0.15) is 8.42 Å². The Morgan fingerprint density at radius 1 is 0.947 bits per heavy atom. The topological polar surface area (TPSA) is 115 Å². The lowest BCUT2D eigenvalue weighted by Crippen LogP contribution is -2.28. The predicted molar refractivity (Wildman–Crippen MR) is 72.9 cm³/mol. The third-order valence-corrected chi connectivity index (χ3v) is 5.51. The van der Waals surface area contributed by atoms with Crippen LogP contribution in [0.3, 0.4) is 0 Å². The summed E-state index contributed by atoms with van der Waals surface area (Å²) in [5.41, 5.74) is 0. The quantitative estimate of drug-likeness (QED) is 0.306. The smallest absolute Gasteiger partial charge is 0.312 e. The molecule has 0 aromatic heterocycles. The van der Waals surface area contributed by atoms with Gasteiger partial charge in [0.15, 0.2) is 0 Å². The number of hydrogen-bond acceptors (Lipinski definition) is 3. The summed E-state index contributed by atoms with van der Waals surface area (Å²) in [6, 6.07) is 0. The molecule has 0 aromatic rings. The summed E-state index contributed by atoms with van der Waals surface area (Å²) >= 11 is 0. The minimum absolute atomic E-state index is 0.156. The lowest BCUT2D eigenvalue weighted by Gasteiger charge is -2.18. The average molecular weight is 317 g/mol. The van der Waals surface area contributed by atoms with Gasteiger partial charge in [-0.3, -0.25) is 4.55 Å². The summed E-state index contributed by atoms with van der Waals surface area (Å²) < 4.78 is 41.1. The van der Waals surface area contributed by atoms with Gasteiger partial charge in [0.2, 0.25) is 0 Å². The van der Waals surface area contributed by atoms with Crippen molar-refractivity contribution in [1.82, 2.24) is 4.08 Å². The van der Waals surface area contributed by atoms with Crippen LogP contribution in [-0.4, -0.2) is 33.4 Å². The normalized spacial score (nSPS) is 13.1. The van der Waals surface area contributed by atoms with Crippen molar-refractivity contribution in [2.24, 2.45) is 0 Å². The van der Waals surface area contributed by atoms with Crippen molar-refractivity contribution >= 4 is 18.1 Å². The Bertz CT molecular complexity index is 379. The SMILES string of the molecule is CCCCCCCCCCN(P(=O)(O)O)S(=O)(=O)O. The first-order valence-electron chi connectivity index (χ1n) is 6.50. The van der Waals surface area contributed by atoms with Crippen molar-refractivity contribution in [2.45, 2.75) is 58.3 Å². The second-order valence-electron chi connectivity index (χ2n) is 4.51. The molecule has 3 N–H and O–H groups in total.